The van der Waals surface area contributed by atoms with Crippen LogP contribution in [0.5, 0.6) is 0 Å². The van der Waals surface area contributed by atoms with Crippen LogP contribution in [-0.2, 0) is 10.0 Å². The van der Waals surface area contributed by atoms with Gasteiger partial charge in [-0.15, -0.1) is 11.3 Å². The number of aromatic nitrogens is 1. The summed E-state index contributed by atoms with van der Waals surface area (Å²) in [5.41, 5.74) is 1.79. The van der Waals surface area contributed by atoms with E-state index in [1.807, 2.05) is 20.8 Å². The van der Waals surface area contributed by atoms with Crippen LogP contribution < -0.4 is 4.72 Å². The molecule has 20 heavy (non-hydrogen) atoms. The van der Waals surface area contributed by atoms with Crippen LogP contribution in [0.15, 0.2) is 26.0 Å². The maximum atomic E-state index is 12.4. The number of nitrogens with zero attached hydrogens (tertiary/aromatic N) is 1. The molecule has 0 aliphatic carbocycles. The van der Waals surface area contributed by atoms with Crippen LogP contribution in [0.3, 0.4) is 0 Å². The van der Waals surface area contributed by atoms with Crippen LogP contribution in [0.1, 0.15) is 16.1 Å². The minimum atomic E-state index is -3.67. The summed E-state index contributed by atoms with van der Waals surface area (Å²) in [6.45, 7) is 5.65. The molecule has 0 aliphatic heterocycles. The third-order valence-electron chi connectivity index (χ3n) is 2.75. The van der Waals surface area contributed by atoms with Gasteiger partial charge in [0.15, 0.2) is 5.13 Å². The van der Waals surface area contributed by atoms with E-state index in [1.165, 1.54) is 11.3 Å². The number of benzene rings is 1. The van der Waals surface area contributed by atoms with Crippen molar-refractivity contribution in [3.63, 3.8) is 0 Å². The molecule has 0 aliphatic rings. The van der Waals surface area contributed by atoms with Gasteiger partial charge in [0.05, 0.1) is 5.69 Å². The van der Waals surface area contributed by atoms with Gasteiger partial charge in [0.2, 0.25) is 0 Å². The van der Waals surface area contributed by atoms with Gasteiger partial charge in [0.25, 0.3) is 10.0 Å². The third-order valence-corrected chi connectivity index (χ3v) is 7.02. The Balaban J connectivity index is 2.43. The molecule has 1 heterocycles. The Morgan fingerprint density at radius 3 is 2.35 bits per heavy atom. The van der Waals surface area contributed by atoms with Crippen LogP contribution in [-0.4, -0.2) is 13.4 Å². The fraction of sp³-hybridized carbons (Fsp3) is 0.250. The van der Waals surface area contributed by atoms with E-state index in [0.29, 0.717) is 9.60 Å². The van der Waals surface area contributed by atoms with Gasteiger partial charge in [-0.05, 0) is 54.4 Å². The first-order chi connectivity index (χ1) is 9.20. The van der Waals surface area contributed by atoms with Gasteiger partial charge in [-0.2, -0.15) is 0 Å². The molecule has 108 valence electrons. The molecule has 0 fully saturated rings. The summed E-state index contributed by atoms with van der Waals surface area (Å²) in [6, 6.07) is 3.34. The Kier molecular flexibility index (Phi) is 4.58. The van der Waals surface area contributed by atoms with Crippen molar-refractivity contribution in [1.29, 1.82) is 0 Å². The molecule has 0 unspecified atom stereocenters. The van der Waals surface area contributed by atoms with Crippen molar-refractivity contribution >= 4 is 58.4 Å². The largest absolute Gasteiger partial charge is 0.264 e. The summed E-state index contributed by atoms with van der Waals surface area (Å²) in [4.78, 5) is 5.37. The van der Waals surface area contributed by atoms with Gasteiger partial charge >= 0.3 is 0 Å². The van der Waals surface area contributed by atoms with Crippen LogP contribution in [0, 0.1) is 20.8 Å². The maximum absolute atomic E-state index is 12.4. The Morgan fingerprint density at radius 2 is 1.80 bits per heavy atom. The summed E-state index contributed by atoms with van der Waals surface area (Å²) < 4.78 is 28.6. The molecule has 0 amide bonds. The van der Waals surface area contributed by atoms with E-state index in [2.05, 4.69) is 41.6 Å². The van der Waals surface area contributed by atoms with Crippen LogP contribution in [0.25, 0.3) is 0 Å². The van der Waals surface area contributed by atoms with Gasteiger partial charge in [0, 0.05) is 13.8 Å². The number of rotatable bonds is 3. The number of hydrogen-bond acceptors (Lipinski definition) is 4. The van der Waals surface area contributed by atoms with E-state index in [1.54, 1.807) is 12.1 Å². The lowest BCUT2D eigenvalue weighted by Crippen LogP contribution is -2.13. The van der Waals surface area contributed by atoms with Gasteiger partial charge in [-0.3, -0.25) is 4.72 Å². The van der Waals surface area contributed by atoms with Crippen molar-refractivity contribution in [2.24, 2.45) is 0 Å². The molecule has 0 atom stereocenters. The molecule has 8 heteroatoms. The highest BCUT2D eigenvalue weighted by molar-refractivity contribution is 9.11. The highest BCUT2D eigenvalue weighted by Crippen LogP contribution is 2.31. The van der Waals surface area contributed by atoms with E-state index in [-0.39, 0.29) is 4.90 Å². The van der Waals surface area contributed by atoms with Crippen molar-refractivity contribution in [2.75, 3.05) is 4.72 Å². The normalized spacial score (nSPS) is 11.7. The first-order valence-electron chi connectivity index (χ1n) is 5.63. The average molecular weight is 440 g/mol. The molecule has 1 aromatic heterocycles. The number of halogens is 2. The smallest absolute Gasteiger partial charge is 0.255 e. The van der Waals surface area contributed by atoms with E-state index in [4.69, 9.17) is 0 Å². The molecular formula is C12H12Br2N2O2S2. The molecule has 0 saturated carbocycles. The number of anilines is 1. The van der Waals surface area contributed by atoms with Gasteiger partial charge in [-0.25, -0.2) is 13.4 Å². The predicted molar refractivity (Wildman–Crippen MR) is 89.0 cm³/mol. The molecular weight excluding hydrogens is 428 g/mol. The number of thiazole rings is 1. The van der Waals surface area contributed by atoms with Crippen molar-refractivity contribution in [3.8, 4) is 0 Å². The molecule has 0 radical (unpaired) electrons. The second-order valence-electron chi connectivity index (χ2n) is 4.30. The minimum absolute atomic E-state index is 0.181. The minimum Gasteiger partial charge on any atom is -0.255 e. The van der Waals surface area contributed by atoms with Crippen LogP contribution in [0.2, 0.25) is 0 Å². The second-order valence-corrected chi connectivity index (χ2v) is 8.86. The van der Waals surface area contributed by atoms with Gasteiger partial charge in [0.1, 0.15) is 4.90 Å². The summed E-state index contributed by atoms with van der Waals surface area (Å²) in [7, 11) is -3.67. The fourth-order valence-corrected chi connectivity index (χ4v) is 5.25. The Bertz CT molecular complexity index is 751. The highest BCUT2D eigenvalue weighted by Gasteiger charge is 2.21. The van der Waals surface area contributed by atoms with E-state index < -0.39 is 10.0 Å². The summed E-state index contributed by atoms with van der Waals surface area (Å²) in [5.74, 6) is 0. The summed E-state index contributed by atoms with van der Waals surface area (Å²) in [5, 5.41) is 0.378. The Hall–Kier alpha value is -0.440. The first kappa shape index (κ1) is 15.9. The maximum Gasteiger partial charge on any atom is 0.264 e. The lowest BCUT2D eigenvalue weighted by Gasteiger charge is -2.09. The van der Waals surface area contributed by atoms with Crippen molar-refractivity contribution in [1.82, 2.24) is 4.98 Å². The lowest BCUT2D eigenvalue weighted by atomic mass is 10.2. The van der Waals surface area contributed by atoms with E-state index in [9.17, 15) is 8.42 Å². The van der Waals surface area contributed by atoms with Crippen LogP contribution >= 0.6 is 43.2 Å². The molecule has 0 spiro atoms. The molecule has 2 aromatic rings. The van der Waals surface area contributed by atoms with E-state index >= 15 is 0 Å². The fourth-order valence-electron chi connectivity index (χ4n) is 1.52. The number of nitrogens with one attached hydrogen (secondary N) is 1. The van der Waals surface area contributed by atoms with Crippen molar-refractivity contribution < 1.29 is 8.42 Å². The zero-order valence-electron chi connectivity index (χ0n) is 11.0. The molecule has 0 bridgehead atoms. The zero-order chi connectivity index (χ0) is 15.1. The SMILES string of the molecule is Cc1cc(Br)c(S(=O)(=O)Nc2nc(C)c(C)s2)cc1Br. The molecule has 0 saturated heterocycles. The molecule has 2 rings (SSSR count). The highest BCUT2D eigenvalue weighted by atomic mass is 79.9. The first-order valence-corrected chi connectivity index (χ1v) is 9.52. The number of hydrogen-bond donors (Lipinski definition) is 1. The third kappa shape index (κ3) is 3.24. The quantitative estimate of drug-likeness (QED) is 0.771. The van der Waals surface area contributed by atoms with Gasteiger partial charge in [-0.1, -0.05) is 15.9 Å². The monoisotopic (exact) mass is 438 g/mol. The summed E-state index contributed by atoms with van der Waals surface area (Å²) in [6.07, 6.45) is 0. The summed E-state index contributed by atoms with van der Waals surface area (Å²) >= 11 is 7.96. The van der Waals surface area contributed by atoms with Gasteiger partial charge < -0.3 is 0 Å². The zero-order valence-corrected chi connectivity index (χ0v) is 15.8. The number of sulfonamides is 1. The predicted octanol–water partition coefficient (Wildman–Crippen LogP) is 4.39. The van der Waals surface area contributed by atoms with Crippen molar-refractivity contribution in [2.45, 2.75) is 25.7 Å². The number of aryl methyl sites for hydroxylation is 3. The Labute approximate surface area is 138 Å². The molecule has 1 N–H and O–H groups in total. The lowest BCUT2D eigenvalue weighted by molar-refractivity contribution is 0.600. The van der Waals surface area contributed by atoms with E-state index in [0.717, 1.165) is 20.6 Å². The standard InChI is InChI=1S/C12H12Br2N2O2S2/c1-6-4-10(14)11(5-9(6)13)20(17,18)16-12-15-7(2)8(3)19-12/h4-5H,1-3H3,(H,15,16). The Morgan fingerprint density at radius 1 is 1.15 bits per heavy atom. The average Bonchev–Trinajstić information content (AvgIpc) is 2.61. The van der Waals surface area contributed by atoms with Crippen LogP contribution in [0.4, 0.5) is 5.13 Å². The molecule has 1 aromatic carbocycles. The topological polar surface area (TPSA) is 59.1 Å². The molecule has 4 nitrogen and oxygen atoms in total. The van der Waals surface area contributed by atoms with Crippen molar-refractivity contribution in [3.05, 3.63) is 37.2 Å². The second kappa shape index (κ2) is 5.75.